The van der Waals surface area contributed by atoms with Gasteiger partial charge in [-0.2, -0.15) is 0 Å². The number of likely N-dealkylation sites (tertiary alicyclic amines) is 1. The number of carbonyl (C=O) groups excluding carboxylic acids is 1. The fraction of sp³-hybridized carbons (Fsp3) is 0.773. The van der Waals surface area contributed by atoms with Crippen molar-refractivity contribution >= 4 is 17.4 Å². The van der Waals surface area contributed by atoms with Crippen LogP contribution in [0, 0.1) is 62.6 Å². The number of aromatic carboxylic acids is 1. The van der Waals surface area contributed by atoms with E-state index in [1.165, 1.54) is 31.3 Å². The van der Waals surface area contributed by atoms with Crippen molar-refractivity contribution in [1.82, 2.24) is 10.2 Å². The van der Waals surface area contributed by atoms with Crippen LogP contribution >= 0.6 is 0 Å². The Kier molecular flexibility index (Phi) is 9.19. The number of halogens is 2. The number of piperidine rings is 1. The average Bonchev–Trinajstić information content (AvgIpc) is 3.47. The number of carboxylic acids is 1. The molecule has 5 nitrogen and oxygen atoms in total. The fourth-order valence-electron chi connectivity index (χ4n) is 14.3. The molecule has 5 fully saturated rings. The van der Waals surface area contributed by atoms with Gasteiger partial charge < -0.3 is 15.3 Å². The molecule has 0 bridgehead atoms. The Bertz CT molecular complexity index is 1540. The van der Waals surface area contributed by atoms with E-state index in [0.717, 1.165) is 37.7 Å². The minimum absolute atomic E-state index is 0.0279. The molecule has 0 unspecified atom stereocenters. The zero-order valence-corrected chi connectivity index (χ0v) is 32.4. The standard InChI is InChI=1S/C44H64F2N2O3/c1-28(2)31-14-19-43(38(51)47-24-27-48-25-22-44(45,46)23-26-48)21-20-41(6)33(36(31)43)12-13-35-40(5)17-15-32(29-8-10-30(11-9-29)37(49)50)39(3,4)34(40)16-18-42(35,41)7/h8-11,15,28,31,33-36H,12-14,16-27H2,1-7H3,(H,47,51)(H,49,50)/t31-,33+,34-,35+,36+,40-,41+,42+,43-/m0/s1. The molecule has 7 heteroatoms. The molecule has 6 aliphatic rings. The lowest BCUT2D eigenvalue weighted by Gasteiger charge is -2.72. The molecule has 282 valence electrons. The molecule has 1 aromatic rings. The maximum Gasteiger partial charge on any atom is 0.335 e. The first-order valence-electron chi connectivity index (χ1n) is 20.3. The van der Waals surface area contributed by atoms with Crippen molar-refractivity contribution in [3.63, 3.8) is 0 Å². The van der Waals surface area contributed by atoms with Gasteiger partial charge in [0, 0.05) is 39.0 Å². The minimum atomic E-state index is -2.55. The molecule has 9 atom stereocenters. The number of carbonyl (C=O) groups is 2. The number of fused-ring (bicyclic) bond motifs is 7. The van der Waals surface area contributed by atoms with Crippen LogP contribution in [0.15, 0.2) is 30.3 Å². The maximum atomic E-state index is 14.5. The lowest BCUT2D eigenvalue weighted by atomic mass is 9.32. The predicted octanol–water partition coefficient (Wildman–Crippen LogP) is 9.96. The molecule has 1 aromatic carbocycles. The van der Waals surface area contributed by atoms with Crippen molar-refractivity contribution < 1.29 is 23.5 Å². The monoisotopic (exact) mass is 706 g/mol. The normalized spacial score (nSPS) is 41.5. The topological polar surface area (TPSA) is 69.6 Å². The van der Waals surface area contributed by atoms with Gasteiger partial charge in [-0.1, -0.05) is 66.7 Å². The van der Waals surface area contributed by atoms with E-state index in [4.69, 9.17) is 0 Å². The van der Waals surface area contributed by atoms with E-state index in [-0.39, 0.29) is 45.8 Å². The summed E-state index contributed by atoms with van der Waals surface area (Å²) in [5.41, 5.74) is 3.02. The first-order chi connectivity index (χ1) is 23.9. The van der Waals surface area contributed by atoms with Crippen LogP contribution in [0.4, 0.5) is 8.78 Å². The summed E-state index contributed by atoms with van der Waals surface area (Å²) >= 11 is 0. The van der Waals surface area contributed by atoms with Crippen molar-refractivity contribution in [2.75, 3.05) is 26.2 Å². The summed E-state index contributed by atoms with van der Waals surface area (Å²) in [5, 5.41) is 12.9. The molecule has 1 aliphatic heterocycles. The predicted molar refractivity (Wildman–Crippen MR) is 199 cm³/mol. The third-order valence-corrected chi connectivity index (χ3v) is 17.1. The van der Waals surface area contributed by atoms with Crippen LogP contribution in [0.1, 0.15) is 135 Å². The summed E-state index contributed by atoms with van der Waals surface area (Å²) in [6.45, 7) is 19.5. The van der Waals surface area contributed by atoms with Crippen LogP contribution in [-0.4, -0.2) is 54.0 Å². The summed E-state index contributed by atoms with van der Waals surface area (Å²) in [6, 6.07) is 7.50. The Hall–Kier alpha value is -2.28. The first-order valence-corrected chi connectivity index (χ1v) is 20.3. The van der Waals surface area contributed by atoms with Gasteiger partial charge in [-0.25, -0.2) is 13.6 Å². The van der Waals surface area contributed by atoms with E-state index in [1.807, 2.05) is 12.1 Å². The lowest BCUT2D eigenvalue weighted by Crippen LogP contribution is -2.66. The Labute approximate surface area is 305 Å². The molecule has 0 radical (unpaired) electrons. The van der Waals surface area contributed by atoms with Gasteiger partial charge >= 0.3 is 5.97 Å². The number of carboxylic acid groups (broad SMARTS) is 1. The summed E-state index contributed by atoms with van der Waals surface area (Å²) in [6.07, 6.45) is 12.4. The zero-order valence-electron chi connectivity index (χ0n) is 32.4. The van der Waals surface area contributed by atoms with Gasteiger partial charge in [-0.3, -0.25) is 4.79 Å². The Morgan fingerprint density at radius 2 is 1.55 bits per heavy atom. The molecule has 5 aliphatic carbocycles. The quantitative estimate of drug-likeness (QED) is 0.296. The van der Waals surface area contributed by atoms with Crippen LogP contribution in [-0.2, 0) is 4.79 Å². The van der Waals surface area contributed by atoms with Crippen LogP contribution in [0.2, 0.25) is 0 Å². The minimum Gasteiger partial charge on any atom is -0.478 e. The number of nitrogens with one attached hydrogen (secondary N) is 1. The number of hydrogen-bond donors (Lipinski definition) is 2. The molecule has 2 N–H and O–H groups in total. The Morgan fingerprint density at radius 1 is 0.863 bits per heavy atom. The Morgan fingerprint density at radius 3 is 2.20 bits per heavy atom. The Balaban J connectivity index is 1.13. The van der Waals surface area contributed by atoms with Crippen LogP contribution < -0.4 is 5.32 Å². The van der Waals surface area contributed by atoms with E-state index >= 15 is 0 Å². The fourth-order valence-corrected chi connectivity index (χ4v) is 14.3. The lowest BCUT2D eigenvalue weighted by molar-refractivity contribution is -0.227. The number of allylic oxidation sites excluding steroid dienone is 2. The number of rotatable bonds is 7. The average molecular weight is 707 g/mol. The second kappa shape index (κ2) is 12.7. The molecule has 0 aromatic heterocycles. The highest BCUT2D eigenvalue weighted by Gasteiger charge is 2.71. The number of alkyl halides is 2. The van der Waals surface area contributed by atoms with Gasteiger partial charge in [-0.15, -0.1) is 0 Å². The van der Waals surface area contributed by atoms with Crippen molar-refractivity contribution in [3.05, 3.63) is 41.5 Å². The maximum absolute atomic E-state index is 14.5. The highest BCUT2D eigenvalue weighted by Crippen LogP contribution is 2.77. The molecular formula is C44H64F2N2O3. The van der Waals surface area contributed by atoms with Crippen molar-refractivity contribution in [3.8, 4) is 0 Å². The summed E-state index contributed by atoms with van der Waals surface area (Å²) in [5.74, 6) is -0.0608. The molecule has 4 saturated carbocycles. The number of amides is 1. The second-order valence-electron chi connectivity index (χ2n) is 19.7. The van der Waals surface area contributed by atoms with Gasteiger partial charge in [0.2, 0.25) is 5.91 Å². The van der Waals surface area contributed by atoms with Crippen LogP contribution in [0.5, 0.6) is 0 Å². The van der Waals surface area contributed by atoms with Crippen LogP contribution in [0.3, 0.4) is 0 Å². The van der Waals surface area contributed by atoms with E-state index in [9.17, 15) is 23.5 Å². The van der Waals surface area contributed by atoms with Crippen molar-refractivity contribution in [2.45, 2.75) is 125 Å². The first kappa shape index (κ1) is 37.1. The molecular weight excluding hydrogens is 642 g/mol. The van der Waals surface area contributed by atoms with Gasteiger partial charge in [0.1, 0.15) is 0 Å². The molecule has 0 spiro atoms. The molecule has 7 rings (SSSR count). The number of nitrogens with zero attached hydrogens (tertiary/aromatic N) is 1. The van der Waals surface area contributed by atoms with Gasteiger partial charge in [-0.05, 0) is 138 Å². The van der Waals surface area contributed by atoms with Gasteiger partial charge in [0.25, 0.3) is 5.92 Å². The second-order valence-corrected chi connectivity index (χ2v) is 19.7. The largest absolute Gasteiger partial charge is 0.478 e. The number of benzene rings is 1. The summed E-state index contributed by atoms with van der Waals surface area (Å²) in [4.78, 5) is 28.1. The zero-order chi connectivity index (χ0) is 36.8. The van der Waals surface area contributed by atoms with E-state index in [0.29, 0.717) is 67.2 Å². The molecule has 1 amide bonds. The highest BCUT2D eigenvalue weighted by atomic mass is 19.3. The summed E-state index contributed by atoms with van der Waals surface area (Å²) < 4.78 is 27.5. The van der Waals surface area contributed by atoms with Crippen molar-refractivity contribution in [1.29, 1.82) is 0 Å². The van der Waals surface area contributed by atoms with Gasteiger partial charge in [0.05, 0.1) is 11.0 Å². The smallest absolute Gasteiger partial charge is 0.335 e. The van der Waals surface area contributed by atoms with E-state index in [2.05, 4.69) is 64.8 Å². The van der Waals surface area contributed by atoms with E-state index < -0.39 is 11.9 Å². The number of hydrogen-bond acceptors (Lipinski definition) is 3. The third-order valence-electron chi connectivity index (χ3n) is 17.1. The SMILES string of the molecule is CC(C)[C@@H]1CC[C@]2(C(=O)NCCN3CCC(F)(F)CC3)CC[C@]3(C)[C@H](CC[C@@H]4[C@@]5(C)CC=C(c6ccc(C(=O)O)cc6)C(C)(C)[C@@H]5CC[C@]43C)[C@@H]12. The molecule has 51 heavy (non-hydrogen) atoms. The van der Waals surface area contributed by atoms with Gasteiger partial charge in [0.15, 0.2) is 0 Å². The molecule has 1 saturated heterocycles. The third kappa shape index (κ3) is 5.66. The van der Waals surface area contributed by atoms with E-state index in [1.54, 1.807) is 12.1 Å². The van der Waals surface area contributed by atoms with Crippen LogP contribution in [0.25, 0.3) is 5.57 Å². The van der Waals surface area contributed by atoms with Crippen molar-refractivity contribution in [2.24, 2.45) is 62.6 Å². The molecule has 1 heterocycles. The summed E-state index contributed by atoms with van der Waals surface area (Å²) in [7, 11) is 0. The highest BCUT2D eigenvalue weighted by molar-refractivity contribution is 5.88.